The zero-order valence-electron chi connectivity index (χ0n) is 13.7. The van der Waals surface area contributed by atoms with Crippen molar-refractivity contribution in [2.45, 2.75) is 6.18 Å². The number of benzene rings is 2. The second-order valence-electron chi connectivity index (χ2n) is 5.60. The van der Waals surface area contributed by atoms with Gasteiger partial charge in [0.2, 0.25) is 0 Å². The van der Waals surface area contributed by atoms with Crippen LogP contribution in [-0.2, 0) is 0 Å². The van der Waals surface area contributed by atoms with Crippen LogP contribution in [0.1, 0.15) is 15.9 Å². The lowest BCUT2D eigenvalue weighted by atomic mass is 10.1. The van der Waals surface area contributed by atoms with Gasteiger partial charge in [0.15, 0.2) is 6.29 Å². The Hall–Kier alpha value is -3.23. The number of hydrogen-bond acceptors (Lipinski definition) is 5. The Balaban J connectivity index is 1.95. The molecule has 0 radical (unpaired) electrons. The Morgan fingerprint density at radius 3 is 2.69 bits per heavy atom. The normalized spacial score (nSPS) is 12.0. The van der Waals surface area contributed by atoms with E-state index >= 15 is 0 Å². The molecule has 0 aliphatic heterocycles. The van der Waals surface area contributed by atoms with E-state index in [9.17, 15) is 18.0 Å². The van der Waals surface area contributed by atoms with Gasteiger partial charge in [-0.1, -0.05) is 17.3 Å². The van der Waals surface area contributed by atoms with Crippen molar-refractivity contribution >= 4 is 23.5 Å². The van der Waals surface area contributed by atoms with Crippen LogP contribution < -0.4 is 0 Å². The Bertz CT molecular complexity index is 964. The summed E-state index contributed by atoms with van der Waals surface area (Å²) < 4.78 is 38.7. The van der Waals surface area contributed by atoms with Crippen molar-refractivity contribution in [1.82, 2.24) is 20.0 Å². The van der Waals surface area contributed by atoms with E-state index in [-0.39, 0.29) is 0 Å². The third-order valence-corrected chi connectivity index (χ3v) is 3.60. The van der Waals surface area contributed by atoms with Crippen LogP contribution in [0.4, 0.5) is 13.2 Å². The average molecular weight is 361 g/mol. The van der Waals surface area contributed by atoms with Gasteiger partial charge in [-0.2, -0.15) is 18.3 Å². The molecule has 2 aromatic carbocycles. The molecule has 3 aromatic rings. The van der Waals surface area contributed by atoms with E-state index in [1.54, 1.807) is 22.9 Å². The fourth-order valence-corrected chi connectivity index (χ4v) is 2.43. The summed E-state index contributed by atoms with van der Waals surface area (Å²) in [6.07, 6.45) is -2.52. The topological polar surface area (TPSA) is 63.4 Å². The van der Waals surface area contributed by atoms with E-state index in [1.807, 2.05) is 24.3 Å². The first-order valence-electron chi connectivity index (χ1n) is 7.59. The van der Waals surface area contributed by atoms with Gasteiger partial charge < -0.3 is 0 Å². The number of nitrogens with zero attached hydrogens (tertiary/aromatic N) is 5. The highest BCUT2D eigenvalue weighted by molar-refractivity contribution is 5.93. The summed E-state index contributed by atoms with van der Waals surface area (Å²) in [7, 11) is 1.21. The number of halogens is 3. The number of hydrogen-bond donors (Lipinski definition) is 0. The van der Waals surface area contributed by atoms with Crippen molar-refractivity contribution < 1.29 is 18.0 Å². The third kappa shape index (κ3) is 3.88. The summed E-state index contributed by atoms with van der Waals surface area (Å²) >= 11 is 0. The van der Waals surface area contributed by atoms with Crippen LogP contribution in [0.3, 0.4) is 0 Å². The van der Waals surface area contributed by atoms with E-state index in [0.29, 0.717) is 28.6 Å². The zero-order chi connectivity index (χ0) is 18.7. The minimum absolute atomic E-state index is 0.308. The Morgan fingerprint density at radius 2 is 1.96 bits per heavy atom. The fourth-order valence-electron chi connectivity index (χ4n) is 2.43. The number of carbonyl (C=O) groups is 1. The van der Waals surface area contributed by atoms with Crippen molar-refractivity contribution in [3.8, 4) is 5.69 Å². The minimum Gasteiger partial charge on any atom is -0.298 e. The molecule has 1 heterocycles. The summed E-state index contributed by atoms with van der Waals surface area (Å²) in [6.45, 7) is -1.19. The number of aldehydes is 1. The Labute approximate surface area is 146 Å². The highest BCUT2D eigenvalue weighted by Crippen LogP contribution is 2.19. The molecular formula is C17H14F3N5O. The maximum Gasteiger partial charge on any atom is 0.407 e. The first-order chi connectivity index (χ1) is 12.4. The lowest BCUT2D eigenvalue weighted by Crippen LogP contribution is -2.27. The lowest BCUT2D eigenvalue weighted by Gasteiger charge is -2.15. The molecule has 3 rings (SSSR count). The summed E-state index contributed by atoms with van der Waals surface area (Å²) in [5.41, 5.74) is 2.77. The number of fused-ring (bicyclic) bond motifs is 1. The number of carbonyl (C=O) groups excluding carboxylic acids is 1. The second kappa shape index (κ2) is 6.95. The molecule has 0 aliphatic rings. The smallest absolute Gasteiger partial charge is 0.298 e. The number of alkyl halides is 3. The molecule has 0 bridgehead atoms. The molecule has 0 fully saturated rings. The van der Waals surface area contributed by atoms with Crippen LogP contribution in [-0.4, -0.2) is 52.3 Å². The highest BCUT2D eigenvalue weighted by Gasteiger charge is 2.28. The van der Waals surface area contributed by atoms with Crippen molar-refractivity contribution in [3.05, 3.63) is 53.6 Å². The molecule has 0 atom stereocenters. The maximum atomic E-state index is 12.4. The molecule has 0 saturated heterocycles. The molecule has 9 heteroatoms. The molecule has 0 N–H and O–H groups in total. The summed E-state index contributed by atoms with van der Waals surface area (Å²) in [6, 6.07) is 12.2. The number of aromatic nitrogens is 3. The van der Waals surface area contributed by atoms with Gasteiger partial charge >= 0.3 is 6.18 Å². The number of para-hydroxylation sites is 1. The van der Waals surface area contributed by atoms with Gasteiger partial charge in [0.25, 0.3) is 0 Å². The van der Waals surface area contributed by atoms with Gasteiger partial charge in [-0.3, -0.25) is 9.80 Å². The largest absolute Gasteiger partial charge is 0.407 e. The van der Waals surface area contributed by atoms with Crippen LogP contribution in [0.25, 0.3) is 16.7 Å². The average Bonchev–Trinajstić information content (AvgIpc) is 3.02. The predicted molar refractivity (Wildman–Crippen MR) is 90.5 cm³/mol. The van der Waals surface area contributed by atoms with Crippen LogP contribution >= 0.6 is 0 Å². The van der Waals surface area contributed by atoms with Crippen molar-refractivity contribution in [2.75, 3.05) is 13.6 Å². The van der Waals surface area contributed by atoms with Gasteiger partial charge in [-0.05, 0) is 30.3 Å². The van der Waals surface area contributed by atoms with Crippen LogP contribution in [0.5, 0.6) is 0 Å². The molecule has 0 aliphatic carbocycles. The lowest BCUT2D eigenvalue weighted by molar-refractivity contribution is -0.142. The monoisotopic (exact) mass is 361 g/mol. The van der Waals surface area contributed by atoms with Crippen molar-refractivity contribution in [3.63, 3.8) is 0 Å². The molecule has 134 valence electrons. The Kier molecular flexibility index (Phi) is 4.70. The van der Waals surface area contributed by atoms with Crippen molar-refractivity contribution in [1.29, 1.82) is 0 Å². The number of hydrazone groups is 1. The van der Waals surface area contributed by atoms with Gasteiger partial charge in [-0.25, -0.2) is 4.68 Å². The molecule has 0 amide bonds. The van der Waals surface area contributed by atoms with Crippen LogP contribution in [0, 0.1) is 0 Å². The molecular weight excluding hydrogens is 347 g/mol. The van der Waals surface area contributed by atoms with E-state index in [4.69, 9.17) is 0 Å². The predicted octanol–water partition coefficient (Wildman–Crippen LogP) is 3.06. The van der Waals surface area contributed by atoms with Gasteiger partial charge in [0, 0.05) is 18.2 Å². The first kappa shape index (κ1) is 17.6. The van der Waals surface area contributed by atoms with E-state index < -0.39 is 12.7 Å². The quantitative estimate of drug-likeness (QED) is 0.398. The molecule has 0 spiro atoms. The minimum atomic E-state index is -4.36. The first-order valence-corrected chi connectivity index (χ1v) is 7.59. The maximum absolute atomic E-state index is 12.4. The SMILES string of the molecule is CN(CC(F)(F)F)/N=C\c1cc(-n2nnc3ccccc32)ccc1C=O. The standard InChI is InChI=1S/C17H14F3N5O/c1-24(11-17(18,19)20)21-9-13-8-14(7-6-12(13)10-26)25-16-5-3-2-4-15(16)22-23-25/h2-10H,11H2,1H3/b21-9-. The van der Waals surface area contributed by atoms with Crippen LogP contribution in [0.15, 0.2) is 47.6 Å². The molecule has 1 aromatic heterocycles. The summed E-state index contributed by atoms with van der Waals surface area (Å²) in [5.74, 6) is 0. The third-order valence-electron chi connectivity index (χ3n) is 3.60. The highest BCUT2D eigenvalue weighted by atomic mass is 19.4. The number of rotatable bonds is 5. The second-order valence-corrected chi connectivity index (χ2v) is 5.60. The van der Waals surface area contributed by atoms with E-state index in [0.717, 1.165) is 10.5 Å². The summed E-state index contributed by atoms with van der Waals surface area (Å²) in [5, 5.41) is 12.7. The molecule has 0 saturated carbocycles. The van der Waals surface area contributed by atoms with Gasteiger partial charge in [-0.15, -0.1) is 5.10 Å². The molecule has 0 unspecified atom stereocenters. The van der Waals surface area contributed by atoms with E-state index in [2.05, 4.69) is 15.4 Å². The van der Waals surface area contributed by atoms with Gasteiger partial charge in [0.05, 0.1) is 17.4 Å². The molecule has 26 heavy (non-hydrogen) atoms. The Morgan fingerprint density at radius 1 is 1.19 bits per heavy atom. The molecule has 6 nitrogen and oxygen atoms in total. The van der Waals surface area contributed by atoms with Crippen LogP contribution in [0.2, 0.25) is 0 Å². The fraction of sp³-hybridized carbons (Fsp3) is 0.176. The van der Waals surface area contributed by atoms with Crippen molar-refractivity contribution in [2.24, 2.45) is 5.10 Å². The van der Waals surface area contributed by atoms with Gasteiger partial charge in [0.1, 0.15) is 12.1 Å². The zero-order valence-corrected chi connectivity index (χ0v) is 13.7. The van der Waals surface area contributed by atoms with E-state index in [1.165, 1.54) is 13.3 Å². The summed E-state index contributed by atoms with van der Waals surface area (Å²) in [4.78, 5) is 11.2.